The van der Waals surface area contributed by atoms with Gasteiger partial charge in [-0.3, -0.25) is 4.99 Å². The summed E-state index contributed by atoms with van der Waals surface area (Å²) in [6.07, 6.45) is 2.97. The second-order valence-electron chi connectivity index (χ2n) is 7.80. The number of nitrogens with zero attached hydrogens (tertiary/aromatic N) is 4. The van der Waals surface area contributed by atoms with Crippen LogP contribution in [0.5, 0.6) is 5.75 Å². The molecule has 1 aromatic carbocycles. The Kier molecular flexibility index (Phi) is 6.69. The highest BCUT2D eigenvalue weighted by Gasteiger charge is 2.22. The number of nitrogens with one attached hydrogen (secondary N) is 2. The van der Waals surface area contributed by atoms with E-state index in [1.165, 1.54) is 11.1 Å². The smallest absolute Gasteiger partial charge is 0.191 e. The van der Waals surface area contributed by atoms with Crippen molar-refractivity contribution < 1.29 is 4.74 Å². The van der Waals surface area contributed by atoms with Gasteiger partial charge in [-0.05, 0) is 35.9 Å². The van der Waals surface area contributed by atoms with Gasteiger partial charge >= 0.3 is 0 Å². The van der Waals surface area contributed by atoms with E-state index in [0.717, 1.165) is 63.2 Å². The van der Waals surface area contributed by atoms with Crippen LogP contribution in [0, 0.1) is 0 Å². The second-order valence-corrected chi connectivity index (χ2v) is 7.80. The molecule has 4 rings (SSSR count). The van der Waals surface area contributed by atoms with E-state index in [-0.39, 0.29) is 6.10 Å². The standard InChI is InChI=1S/C23H32N6O/c1-3-28-10-12-29(13-11-28)22-14-18(8-9-25-22)16-26-23(24-2)27-17-20-15-19-6-4-5-7-21(19)30-20/h4-9,14,20H,3,10-13,15-17H2,1-2H3,(H2,24,26,27). The van der Waals surface area contributed by atoms with Gasteiger partial charge < -0.3 is 25.2 Å². The van der Waals surface area contributed by atoms with Crippen molar-refractivity contribution in [3.63, 3.8) is 0 Å². The van der Waals surface area contributed by atoms with Crippen LogP contribution in [0.3, 0.4) is 0 Å². The molecule has 7 heteroatoms. The molecule has 0 amide bonds. The number of rotatable bonds is 6. The Labute approximate surface area is 179 Å². The number of para-hydroxylation sites is 1. The van der Waals surface area contributed by atoms with E-state index in [9.17, 15) is 0 Å². The molecular formula is C23H32N6O. The quantitative estimate of drug-likeness (QED) is 0.562. The number of aliphatic imine (C=N–C) groups is 1. The number of fused-ring (bicyclic) bond motifs is 1. The average Bonchev–Trinajstić information content (AvgIpc) is 3.22. The molecule has 3 heterocycles. The topological polar surface area (TPSA) is 65.0 Å². The van der Waals surface area contributed by atoms with E-state index in [0.29, 0.717) is 6.54 Å². The van der Waals surface area contributed by atoms with Crippen LogP contribution in [-0.4, -0.2) is 68.3 Å². The van der Waals surface area contributed by atoms with Gasteiger partial charge in [-0.15, -0.1) is 0 Å². The SMILES string of the molecule is CCN1CCN(c2cc(CNC(=NC)NCC3Cc4ccccc4O3)ccn2)CC1. The maximum Gasteiger partial charge on any atom is 0.191 e. The molecule has 1 fully saturated rings. The minimum Gasteiger partial charge on any atom is -0.488 e. The van der Waals surface area contributed by atoms with E-state index in [1.807, 2.05) is 18.3 Å². The lowest BCUT2D eigenvalue weighted by Gasteiger charge is -2.34. The summed E-state index contributed by atoms with van der Waals surface area (Å²) in [5, 5.41) is 6.79. The highest BCUT2D eigenvalue weighted by Crippen LogP contribution is 2.27. The van der Waals surface area contributed by atoms with Crippen molar-refractivity contribution in [3.8, 4) is 5.75 Å². The number of benzene rings is 1. The van der Waals surface area contributed by atoms with Crippen LogP contribution in [0.15, 0.2) is 47.6 Å². The Bertz CT molecular complexity index is 837. The Morgan fingerprint density at radius 1 is 1.17 bits per heavy atom. The lowest BCUT2D eigenvalue weighted by molar-refractivity contribution is 0.235. The summed E-state index contributed by atoms with van der Waals surface area (Å²) >= 11 is 0. The molecule has 30 heavy (non-hydrogen) atoms. The molecule has 2 aliphatic heterocycles. The van der Waals surface area contributed by atoms with Crippen LogP contribution in [0.25, 0.3) is 0 Å². The molecule has 1 saturated heterocycles. The number of ether oxygens (including phenoxy) is 1. The third kappa shape index (κ3) is 5.02. The Hall–Kier alpha value is -2.80. The molecular weight excluding hydrogens is 376 g/mol. The summed E-state index contributed by atoms with van der Waals surface area (Å²) in [6, 6.07) is 12.5. The largest absolute Gasteiger partial charge is 0.488 e. The Morgan fingerprint density at radius 3 is 2.77 bits per heavy atom. The number of pyridine rings is 1. The maximum absolute atomic E-state index is 6.00. The lowest BCUT2D eigenvalue weighted by atomic mass is 10.1. The predicted octanol–water partition coefficient (Wildman–Crippen LogP) is 1.89. The summed E-state index contributed by atoms with van der Waals surface area (Å²) < 4.78 is 6.00. The number of guanidine groups is 1. The minimum absolute atomic E-state index is 0.135. The summed E-state index contributed by atoms with van der Waals surface area (Å²) in [4.78, 5) is 13.8. The first kappa shape index (κ1) is 20.5. The fourth-order valence-electron chi connectivity index (χ4n) is 4.02. The van der Waals surface area contributed by atoms with E-state index in [4.69, 9.17) is 4.74 Å². The van der Waals surface area contributed by atoms with Gasteiger partial charge in [0, 0.05) is 52.4 Å². The van der Waals surface area contributed by atoms with Crippen LogP contribution in [0.2, 0.25) is 0 Å². The fraction of sp³-hybridized carbons (Fsp3) is 0.478. The second kappa shape index (κ2) is 9.80. The van der Waals surface area contributed by atoms with Crippen LogP contribution >= 0.6 is 0 Å². The predicted molar refractivity (Wildman–Crippen MR) is 121 cm³/mol. The molecule has 0 aliphatic carbocycles. The Morgan fingerprint density at radius 2 is 2.00 bits per heavy atom. The monoisotopic (exact) mass is 408 g/mol. The molecule has 0 spiro atoms. The normalized spacial score (nSPS) is 19.3. The summed E-state index contributed by atoms with van der Waals surface area (Å²) in [6.45, 7) is 9.03. The molecule has 2 aliphatic rings. The molecule has 0 bridgehead atoms. The lowest BCUT2D eigenvalue weighted by Crippen LogP contribution is -2.46. The Balaban J connectivity index is 1.25. The fourth-order valence-corrected chi connectivity index (χ4v) is 4.02. The molecule has 0 saturated carbocycles. The minimum atomic E-state index is 0.135. The third-order valence-corrected chi connectivity index (χ3v) is 5.85. The molecule has 2 aromatic rings. The number of piperazine rings is 1. The van der Waals surface area contributed by atoms with Crippen molar-refractivity contribution in [2.75, 3.05) is 51.2 Å². The number of anilines is 1. The highest BCUT2D eigenvalue weighted by molar-refractivity contribution is 5.79. The van der Waals surface area contributed by atoms with Gasteiger partial charge in [0.15, 0.2) is 5.96 Å². The summed E-state index contributed by atoms with van der Waals surface area (Å²) in [7, 11) is 1.80. The number of likely N-dealkylation sites (N-methyl/N-ethyl adjacent to an activating group) is 1. The number of hydrogen-bond donors (Lipinski definition) is 2. The van der Waals surface area contributed by atoms with E-state index < -0.39 is 0 Å². The first-order valence-electron chi connectivity index (χ1n) is 10.9. The molecule has 2 N–H and O–H groups in total. The van der Waals surface area contributed by atoms with E-state index in [1.54, 1.807) is 7.05 Å². The molecule has 1 atom stereocenters. The van der Waals surface area contributed by atoms with E-state index >= 15 is 0 Å². The van der Waals surface area contributed by atoms with Crippen molar-refractivity contribution in [3.05, 3.63) is 53.7 Å². The van der Waals surface area contributed by atoms with Crippen molar-refractivity contribution in [2.45, 2.75) is 26.0 Å². The first-order valence-corrected chi connectivity index (χ1v) is 10.9. The zero-order valence-corrected chi connectivity index (χ0v) is 18.0. The van der Waals surface area contributed by atoms with Gasteiger partial charge in [0.25, 0.3) is 0 Å². The van der Waals surface area contributed by atoms with Gasteiger partial charge in [0.1, 0.15) is 17.7 Å². The first-order chi connectivity index (χ1) is 14.7. The molecule has 1 aromatic heterocycles. The van der Waals surface area contributed by atoms with Gasteiger partial charge in [-0.25, -0.2) is 4.98 Å². The molecule has 7 nitrogen and oxygen atoms in total. The van der Waals surface area contributed by atoms with Crippen molar-refractivity contribution in [1.82, 2.24) is 20.5 Å². The van der Waals surface area contributed by atoms with Gasteiger partial charge in [-0.1, -0.05) is 25.1 Å². The summed E-state index contributed by atoms with van der Waals surface area (Å²) in [5.41, 5.74) is 2.47. The molecule has 0 radical (unpaired) electrons. The van der Waals surface area contributed by atoms with Gasteiger partial charge in [-0.2, -0.15) is 0 Å². The highest BCUT2D eigenvalue weighted by atomic mass is 16.5. The van der Waals surface area contributed by atoms with Crippen molar-refractivity contribution >= 4 is 11.8 Å². The third-order valence-electron chi connectivity index (χ3n) is 5.85. The van der Waals surface area contributed by atoms with Crippen LogP contribution < -0.4 is 20.3 Å². The zero-order chi connectivity index (χ0) is 20.8. The van der Waals surface area contributed by atoms with Crippen LogP contribution in [-0.2, 0) is 13.0 Å². The molecule has 1 unspecified atom stereocenters. The average molecular weight is 409 g/mol. The van der Waals surface area contributed by atoms with Crippen molar-refractivity contribution in [2.24, 2.45) is 4.99 Å². The van der Waals surface area contributed by atoms with E-state index in [2.05, 4.69) is 61.6 Å². The van der Waals surface area contributed by atoms with Gasteiger partial charge in [0.05, 0.1) is 6.54 Å². The van der Waals surface area contributed by atoms with Crippen molar-refractivity contribution in [1.29, 1.82) is 0 Å². The van der Waals surface area contributed by atoms with Crippen LogP contribution in [0.1, 0.15) is 18.1 Å². The number of hydrogen-bond acceptors (Lipinski definition) is 5. The van der Waals surface area contributed by atoms with Crippen LogP contribution in [0.4, 0.5) is 5.82 Å². The maximum atomic E-state index is 6.00. The molecule has 160 valence electrons. The summed E-state index contributed by atoms with van der Waals surface area (Å²) in [5.74, 6) is 2.84. The zero-order valence-electron chi connectivity index (χ0n) is 18.0. The van der Waals surface area contributed by atoms with Gasteiger partial charge in [0.2, 0.25) is 0 Å². The number of aromatic nitrogens is 1.